The van der Waals surface area contributed by atoms with Crippen LogP contribution >= 0.6 is 0 Å². The van der Waals surface area contributed by atoms with Crippen LogP contribution in [0.15, 0.2) is 48.5 Å². The number of amides is 1. The summed E-state index contributed by atoms with van der Waals surface area (Å²) in [4.78, 5) is 33.7. The lowest BCUT2D eigenvalue weighted by atomic mass is 10.1. The second-order valence-electron chi connectivity index (χ2n) is 5.87. The molecule has 0 aliphatic rings. The molecule has 0 bridgehead atoms. The van der Waals surface area contributed by atoms with Crippen LogP contribution < -0.4 is 10.6 Å². The van der Waals surface area contributed by atoms with Crippen molar-refractivity contribution in [3.05, 3.63) is 69.8 Å². The molecule has 2 aromatic rings. The van der Waals surface area contributed by atoms with Gasteiger partial charge < -0.3 is 15.4 Å². The van der Waals surface area contributed by atoms with E-state index in [0.717, 1.165) is 11.3 Å². The molecular formula is C20H21N3O5. The van der Waals surface area contributed by atoms with Crippen molar-refractivity contribution in [3.8, 4) is 0 Å². The molecule has 0 aliphatic carbocycles. The molecule has 28 heavy (non-hydrogen) atoms. The Balaban J connectivity index is 1.87. The summed E-state index contributed by atoms with van der Waals surface area (Å²) in [5, 5.41) is 16.5. The van der Waals surface area contributed by atoms with Crippen molar-refractivity contribution in [2.24, 2.45) is 0 Å². The molecule has 0 saturated heterocycles. The highest BCUT2D eigenvalue weighted by molar-refractivity contribution is 5.94. The average molecular weight is 383 g/mol. The van der Waals surface area contributed by atoms with Gasteiger partial charge in [0.15, 0.2) is 0 Å². The second-order valence-corrected chi connectivity index (χ2v) is 5.87. The number of hydrogen-bond donors (Lipinski definition) is 2. The smallest absolute Gasteiger partial charge is 0.330 e. The maximum Gasteiger partial charge on any atom is 0.330 e. The van der Waals surface area contributed by atoms with Crippen LogP contribution in [-0.2, 0) is 14.3 Å². The number of ether oxygens (including phenoxy) is 1. The molecular weight excluding hydrogens is 362 g/mol. The van der Waals surface area contributed by atoms with Crippen LogP contribution in [0.25, 0.3) is 6.08 Å². The molecule has 8 heteroatoms. The summed E-state index contributed by atoms with van der Waals surface area (Å²) in [6.45, 7) is 3.80. The fourth-order valence-electron chi connectivity index (χ4n) is 2.35. The van der Waals surface area contributed by atoms with Gasteiger partial charge in [-0.15, -0.1) is 0 Å². The number of carbonyl (C=O) groups is 2. The minimum Gasteiger partial charge on any atom is -0.463 e. The van der Waals surface area contributed by atoms with Gasteiger partial charge in [-0.2, -0.15) is 0 Å². The summed E-state index contributed by atoms with van der Waals surface area (Å²) in [5.41, 5.74) is 2.68. The molecule has 0 spiro atoms. The van der Waals surface area contributed by atoms with Crippen LogP contribution in [0.2, 0.25) is 0 Å². The van der Waals surface area contributed by atoms with Crippen molar-refractivity contribution < 1.29 is 19.2 Å². The summed E-state index contributed by atoms with van der Waals surface area (Å²) < 4.78 is 4.81. The Hall–Kier alpha value is -3.68. The number of nitrogens with zero attached hydrogens (tertiary/aromatic N) is 1. The third-order valence-electron chi connectivity index (χ3n) is 3.76. The van der Waals surface area contributed by atoms with Crippen LogP contribution in [0.4, 0.5) is 17.1 Å². The number of esters is 1. The minimum atomic E-state index is -0.480. The van der Waals surface area contributed by atoms with Gasteiger partial charge in [0.05, 0.1) is 18.1 Å². The Bertz CT molecular complexity index is 891. The standard InChI is InChI=1S/C20H21N3O5/c1-3-28-20(25)11-6-15-4-7-16(8-5-15)21-13-19(24)22-18-10-9-17(23(26)27)12-14(18)2/h4-12,21H,3,13H2,1-2H3,(H,22,24)/b11-6+. The number of hydrogen-bond acceptors (Lipinski definition) is 6. The van der Waals surface area contributed by atoms with Crippen LogP contribution in [0.1, 0.15) is 18.1 Å². The molecule has 146 valence electrons. The lowest BCUT2D eigenvalue weighted by molar-refractivity contribution is -0.384. The van der Waals surface area contributed by atoms with Gasteiger partial charge in [0, 0.05) is 29.6 Å². The Labute approximate surface area is 162 Å². The SMILES string of the molecule is CCOC(=O)/C=C/c1ccc(NCC(=O)Nc2ccc([N+](=O)[O-])cc2C)cc1. The number of nitro groups is 1. The van der Waals surface area contributed by atoms with Gasteiger partial charge in [-0.1, -0.05) is 12.1 Å². The molecule has 0 fully saturated rings. The van der Waals surface area contributed by atoms with Crippen LogP contribution in [0.5, 0.6) is 0 Å². The maximum absolute atomic E-state index is 12.1. The molecule has 0 unspecified atom stereocenters. The highest BCUT2D eigenvalue weighted by atomic mass is 16.6. The quantitative estimate of drug-likeness (QED) is 0.312. The van der Waals surface area contributed by atoms with E-state index in [4.69, 9.17) is 4.74 Å². The van der Waals surface area contributed by atoms with Crippen molar-refractivity contribution in [2.75, 3.05) is 23.8 Å². The summed E-state index contributed by atoms with van der Waals surface area (Å²) >= 11 is 0. The summed E-state index contributed by atoms with van der Waals surface area (Å²) in [6.07, 6.45) is 3.00. The van der Waals surface area contributed by atoms with E-state index in [9.17, 15) is 19.7 Å². The van der Waals surface area contributed by atoms with E-state index in [1.54, 1.807) is 44.2 Å². The Kier molecular flexibility index (Phi) is 7.27. The number of carbonyl (C=O) groups excluding carboxylic acids is 2. The minimum absolute atomic E-state index is 0.0225. The van der Waals surface area contributed by atoms with E-state index in [1.807, 2.05) is 0 Å². The number of aryl methyl sites for hydroxylation is 1. The molecule has 2 rings (SSSR count). The Morgan fingerprint density at radius 3 is 2.50 bits per heavy atom. The maximum atomic E-state index is 12.1. The van der Waals surface area contributed by atoms with Gasteiger partial charge >= 0.3 is 5.97 Å². The monoisotopic (exact) mass is 383 g/mol. The molecule has 0 aromatic heterocycles. The van der Waals surface area contributed by atoms with Gasteiger partial charge in [0.25, 0.3) is 5.69 Å². The number of benzene rings is 2. The van der Waals surface area contributed by atoms with E-state index in [2.05, 4.69) is 10.6 Å². The number of non-ortho nitro benzene ring substituents is 1. The van der Waals surface area contributed by atoms with Gasteiger partial charge in [0.1, 0.15) is 0 Å². The highest BCUT2D eigenvalue weighted by Gasteiger charge is 2.10. The first-order valence-corrected chi connectivity index (χ1v) is 8.62. The largest absolute Gasteiger partial charge is 0.463 e. The van der Waals surface area contributed by atoms with E-state index < -0.39 is 10.9 Å². The van der Waals surface area contributed by atoms with E-state index in [0.29, 0.717) is 17.9 Å². The summed E-state index contributed by atoms with van der Waals surface area (Å²) in [7, 11) is 0. The number of nitro benzene ring substituents is 1. The zero-order valence-corrected chi connectivity index (χ0v) is 15.6. The lowest BCUT2D eigenvalue weighted by Gasteiger charge is -2.10. The molecule has 0 saturated carbocycles. The molecule has 1 amide bonds. The summed E-state index contributed by atoms with van der Waals surface area (Å²) in [5.74, 6) is -0.675. The van der Waals surface area contributed by atoms with E-state index in [-0.39, 0.29) is 18.1 Å². The van der Waals surface area contributed by atoms with E-state index >= 15 is 0 Å². The number of nitrogens with one attached hydrogen (secondary N) is 2. The molecule has 2 aromatic carbocycles. The third kappa shape index (κ3) is 6.24. The van der Waals surface area contributed by atoms with Gasteiger partial charge in [-0.3, -0.25) is 14.9 Å². The van der Waals surface area contributed by atoms with Crippen LogP contribution in [-0.4, -0.2) is 30.0 Å². The lowest BCUT2D eigenvalue weighted by Crippen LogP contribution is -2.22. The van der Waals surface area contributed by atoms with Crippen LogP contribution in [0, 0.1) is 17.0 Å². The second kappa shape index (κ2) is 9.86. The van der Waals surface area contributed by atoms with Crippen molar-refractivity contribution in [2.45, 2.75) is 13.8 Å². The fraction of sp³-hybridized carbons (Fsp3) is 0.200. The topological polar surface area (TPSA) is 111 Å². The average Bonchev–Trinajstić information content (AvgIpc) is 2.67. The van der Waals surface area contributed by atoms with Gasteiger partial charge in [0.2, 0.25) is 5.91 Å². The predicted molar refractivity (Wildman–Crippen MR) is 107 cm³/mol. The third-order valence-corrected chi connectivity index (χ3v) is 3.76. The zero-order valence-electron chi connectivity index (χ0n) is 15.6. The van der Waals surface area contributed by atoms with Crippen LogP contribution in [0.3, 0.4) is 0 Å². The zero-order chi connectivity index (χ0) is 20.5. The first-order chi connectivity index (χ1) is 13.4. The van der Waals surface area contributed by atoms with Crippen molar-refractivity contribution in [3.63, 3.8) is 0 Å². The van der Waals surface area contributed by atoms with E-state index in [1.165, 1.54) is 24.3 Å². The highest BCUT2D eigenvalue weighted by Crippen LogP contribution is 2.21. The molecule has 0 heterocycles. The molecule has 0 atom stereocenters. The number of anilines is 2. The fourth-order valence-corrected chi connectivity index (χ4v) is 2.35. The Morgan fingerprint density at radius 2 is 1.89 bits per heavy atom. The van der Waals surface area contributed by atoms with Crippen molar-refractivity contribution in [1.82, 2.24) is 0 Å². The Morgan fingerprint density at radius 1 is 1.18 bits per heavy atom. The van der Waals surface area contributed by atoms with Crippen molar-refractivity contribution in [1.29, 1.82) is 0 Å². The molecule has 8 nitrogen and oxygen atoms in total. The predicted octanol–water partition coefficient (Wildman–Crippen LogP) is 3.53. The molecule has 0 aliphatic heterocycles. The van der Waals surface area contributed by atoms with Crippen molar-refractivity contribution >= 4 is 35.0 Å². The number of rotatable bonds is 8. The van der Waals surface area contributed by atoms with Gasteiger partial charge in [-0.25, -0.2) is 4.79 Å². The first kappa shape index (κ1) is 20.6. The first-order valence-electron chi connectivity index (χ1n) is 8.62. The van der Waals surface area contributed by atoms with Gasteiger partial charge in [-0.05, 0) is 49.2 Å². The molecule has 0 radical (unpaired) electrons. The summed E-state index contributed by atoms with van der Waals surface area (Å²) in [6, 6.07) is 11.4. The normalized spacial score (nSPS) is 10.5. The molecule has 2 N–H and O–H groups in total.